The Bertz CT molecular complexity index is 105. The van der Waals surface area contributed by atoms with E-state index >= 15 is 0 Å². The predicted molar refractivity (Wildman–Crippen MR) is 48.5 cm³/mol. The monoisotopic (exact) mass is 159 g/mol. The summed E-state index contributed by atoms with van der Waals surface area (Å²) < 4.78 is 5.72. The van der Waals surface area contributed by atoms with Crippen molar-refractivity contribution in [3.8, 4) is 0 Å². The fourth-order valence-corrected chi connectivity index (χ4v) is 0.910. The third kappa shape index (κ3) is 5.22. The summed E-state index contributed by atoms with van der Waals surface area (Å²) in [5, 5.41) is 0. The van der Waals surface area contributed by atoms with Gasteiger partial charge in [-0.15, -0.1) is 0 Å². The molecular weight excluding hydrogens is 138 g/mol. The van der Waals surface area contributed by atoms with E-state index in [1.165, 1.54) is 0 Å². The second-order valence-corrected chi connectivity index (χ2v) is 4.25. The molecule has 2 N–H and O–H groups in total. The van der Waals surface area contributed by atoms with Crippen LogP contribution in [0, 0.1) is 5.92 Å². The summed E-state index contributed by atoms with van der Waals surface area (Å²) in [4.78, 5) is 0. The summed E-state index contributed by atoms with van der Waals surface area (Å²) in [6.45, 7) is 11.0. The minimum absolute atomic E-state index is 0.0751. The maximum Gasteiger partial charge on any atom is 0.0727 e. The fourth-order valence-electron chi connectivity index (χ4n) is 0.910. The Kier molecular flexibility index (Phi) is 4.04. The Morgan fingerprint density at radius 3 is 1.82 bits per heavy atom. The van der Waals surface area contributed by atoms with Crippen molar-refractivity contribution in [1.29, 1.82) is 0 Å². The van der Waals surface area contributed by atoms with Gasteiger partial charge in [0.1, 0.15) is 0 Å². The van der Waals surface area contributed by atoms with Crippen molar-refractivity contribution >= 4 is 0 Å². The van der Waals surface area contributed by atoms with Crippen LogP contribution < -0.4 is 5.73 Å². The van der Waals surface area contributed by atoms with E-state index in [0.29, 0.717) is 12.5 Å². The standard InChI is InChI=1S/C9H21NO/c1-7(2)8(6-10)11-9(3,4)5/h7-8H,6,10H2,1-5H3. The predicted octanol–water partition coefficient (Wildman–Crippen LogP) is 1.78. The van der Waals surface area contributed by atoms with Crippen LogP contribution in [0.3, 0.4) is 0 Å². The van der Waals surface area contributed by atoms with Crippen molar-refractivity contribution < 1.29 is 4.74 Å². The molecule has 2 heteroatoms. The quantitative estimate of drug-likeness (QED) is 0.681. The lowest BCUT2D eigenvalue weighted by Crippen LogP contribution is -2.36. The fraction of sp³-hybridized carbons (Fsp3) is 1.00. The van der Waals surface area contributed by atoms with Gasteiger partial charge in [0.2, 0.25) is 0 Å². The van der Waals surface area contributed by atoms with E-state index < -0.39 is 0 Å². The third-order valence-corrected chi connectivity index (χ3v) is 1.48. The van der Waals surface area contributed by atoms with Crippen LogP contribution in [0.15, 0.2) is 0 Å². The van der Waals surface area contributed by atoms with E-state index in [-0.39, 0.29) is 11.7 Å². The first kappa shape index (κ1) is 10.9. The van der Waals surface area contributed by atoms with Crippen LogP contribution in [0.5, 0.6) is 0 Å². The molecule has 0 aliphatic carbocycles. The molecule has 1 unspecified atom stereocenters. The number of nitrogens with two attached hydrogens (primary N) is 1. The normalized spacial score (nSPS) is 15.5. The van der Waals surface area contributed by atoms with Gasteiger partial charge < -0.3 is 10.5 Å². The zero-order valence-electron chi connectivity index (χ0n) is 8.35. The van der Waals surface area contributed by atoms with E-state index in [0.717, 1.165) is 0 Å². The van der Waals surface area contributed by atoms with Gasteiger partial charge in [-0.05, 0) is 26.7 Å². The van der Waals surface area contributed by atoms with Gasteiger partial charge in [0.25, 0.3) is 0 Å². The zero-order chi connectivity index (χ0) is 9.07. The number of hydrogen-bond donors (Lipinski definition) is 1. The molecule has 2 nitrogen and oxygen atoms in total. The Morgan fingerprint density at radius 2 is 1.73 bits per heavy atom. The summed E-state index contributed by atoms with van der Waals surface area (Å²) >= 11 is 0. The third-order valence-electron chi connectivity index (χ3n) is 1.48. The van der Waals surface area contributed by atoms with Crippen LogP contribution in [0.4, 0.5) is 0 Å². The summed E-state index contributed by atoms with van der Waals surface area (Å²) in [7, 11) is 0. The average Bonchev–Trinajstić information content (AvgIpc) is 1.80. The van der Waals surface area contributed by atoms with Crippen molar-refractivity contribution in [2.24, 2.45) is 11.7 Å². The summed E-state index contributed by atoms with van der Waals surface area (Å²) in [5.41, 5.74) is 5.48. The van der Waals surface area contributed by atoms with Gasteiger partial charge in [-0.3, -0.25) is 0 Å². The Labute approximate surface area is 70.1 Å². The van der Waals surface area contributed by atoms with Crippen LogP contribution in [-0.4, -0.2) is 18.2 Å². The van der Waals surface area contributed by atoms with E-state index in [2.05, 4.69) is 34.6 Å². The summed E-state index contributed by atoms with van der Waals surface area (Å²) in [6, 6.07) is 0. The molecule has 0 radical (unpaired) electrons. The topological polar surface area (TPSA) is 35.2 Å². The van der Waals surface area contributed by atoms with Crippen molar-refractivity contribution in [3.63, 3.8) is 0 Å². The van der Waals surface area contributed by atoms with E-state index in [9.17, 15) is 0 Å². The maximum atomic E-state index is 5.72. The van der Waals surface area contributed by atoms with Crippen LogP contribution in [0.25, 0.3) is 0 Å². The first-order valence-corrected chi connectivity index (χ1v) is 4.24. The number of rotatable bonds is 3. The molecule has 0 saturated heterocycles. The minimum atomic E-state index is -0.0751. The highest BCUT2D eigenvalue weighted by Crippen LogP contribution is 2.15. The minimum Gasteiger partial charge on any atom is -0.371 e. The molecule has 0 heterocycles. The van der Waals surface area contributed by atoms with E-state index in [1.807, 2.05) is 0 Å². The van der Waals surface area contributed by atoms with E-state index in [4.69, 9.17) is 10.5 Å². The molecular formula is C9H21NO. The molecule has 0 amide bonds. The number of hydrogen-bond acceptors (Lipinski definition) is 2. The summed E-state index contributed by atoms with van der Waals surface area (Å²) in [6.07, 6.45) is 0.190. The molecule has 0 saturated carbocycles. The highest BCUT2D eigenvalue weighted by molar-refractivity contribution is 4.69. The van der Waals surface area contributed by atoms with Gasteiger partial charge in [-0.2, -0.15) is 0 Å². The molecule has 0 aromatic carbocycles. The molecule has 0 aromatic heterocycles. The van der Waals surface area contributed by atoms with Crippen molar-refractivity contribution in [1.82, 2.24) is 0 Å². The lowest BCUT2D eigenvalue weighted by molar-refractivity contribution is -0.0741. The van der Waals surface area contributed by atoms with E-state index in [1.54, 1.807) is 0 Å². The lowest BCUT2D eigenvalue weighted by atomic mass is 10.1. The Morgan fingerprint density at radius 1 is 1.27 bits per heavy atom. The first-order valence-electron chi connectivity index (χ1n) is 4.24. The zero-order valence-corrected chi connectivity index (χ0v) is 8.35. The van der Waals surface area contributed by atoms with Gasteiger partial charge >= 0.3 is 0 Å². The van der Waals surface area contributed by atoms with Crippen LogP contribution in [0.2, 0.25) is 0 Å². The maximum absolute atomic E-state index is 5.72. The molecule has 0 aromatic rings. The Hall–Kier alpha value is -0.0800. The molecule has 0 bridgehead atoms. The first-order chi connectivity index (χ1) is 4.87. The van der Waals surface area contributed by atoms with Gasteiger partial charge in [0.15, 0.2) is 0 Å². The molecule has 0 rings (SSSR count). The second-order valence-electron chi connectivity index (χ2n) is 4.25. The molecule has 0 aliphatic rings. The van der Waals surface area contributed by atoms with Gasteiger partial charge in [0.05, 0.1) is 11.7 Å². The van der Waals surface area contributed by atoms with Crippen LogP contribution in [0.1, 0.15) is 34.6 Å². The lowest BCUT2D eigenvalue weighted by Gasteiger charge is -2.29. The van der Waals surface area contributed by atoms with Crippen molar-refractivity contribution in [2.75, 3.05) is 6.54 Å². The molecule has 11 heavy (non-hydrogen) atoms. The second kappa shape index (κ2) is 4.07. The van der Waals surface area contributed by atoms with Crippen molar-refractivity contribution in [2.45, 2.75) is 46.3 Å². The van der Waals surface area contributed by atoms with Crippen LogP contribution >= 0.6 is 0 Å². The molecule has 0 aliphatic heterocycles. The van der Waals surface area contributed by atoms with Gasteiger partial charge in [0, 0.05) is 6.54 Å². The highest BCUT2D eigenvalue weighted by Gasteiger charge is 2.19. The Balaban J connectivity index is 3.88. The molecule has 0 spiro atoms. The van der Waals surface area contributed by atoms with Crippen LogP contribution in [-0.2, 0) is 4.74 Å². The molecule has 1 atom stereocenters. The SMILES string of the molecule is CC(C)C(CN)OC(C)(C)C. The molecule has 0 fully saturated rings. The highest BCUT2D eigenvalue weighted by atomic mass is 16.5. The molecule has 68 valence electrons. The summed E-state index contributed by atoms with van der Waals surface area (Å²) in [5.74, 6) is 0.499. The smallest absolute Gasteiger partial charge is 0.0727 e. The van der Waals surface area contributed by atoms with Crippen molar-refractivity contribution in [3.05, 3.63) is 0 Å². The number of ether oxygens (including phenoxy) is 1. The van der Waals surface area contributed by atoms with Gasteiger partial charge in [-0.1, -0.05) is 13.8 Å². The average molecular weight is 159 g/mol. The largest absolute Gasteiger partial charge is 0.371 e. The van der Waals surface area contributed by atoms with Gasteiger partial charge in [-0.25, -0.2) is 0 Å².